The number of nitro groups is 1. The van der Waals surface area contributed by atoms with Crippen molar-refractivity contribution in [3.8, 4) is 6.07 Å². The number of anilines is 1. The Morgan fingerprint density at radius 1 is 1.53 bits per heavy atom. The van der Waals surface area contributed by atoms with Gasteiger partial charge in [0.1, 0.15) is 17.3 Å². The van der Waals surface area contributed by atoms with E-state index in [-0.39, 0.29) is 11.3 Å². The van der Waals surface area contributed by atoms with Gasteiger partial charge in [0.2, 0.25) is 0 Å². The summed E-state index contributed by atoms with van der Waals surface area (Å²) in [5.74, 6) is 1.16. The molecule has 1 aromatic rings. The number of hydrogen-bond donors (Lipinski definition) is 1. The number of rotatable bonds is 4. The van der Waals surface area contributed by atoms with E-state index in [9.17, 15) is 10.1 Å². The molecule has 1 atom stereocenters. The standard InChI is InChI=1S/C13H15N3O2S/c14-8-10-4-3-6-12(13(10)16(17)18)15-9-11-5-1-2-7-19-11/h3-4,6,11,15H,1-2,5,7,9H2. The molecule has 1 aliphatic heterocycles. The van der Waals surface area contributed by atoms with Crippen LogP contribution in [0.15, 0.2) is 18.2 Å². The quantitative estimate of drug-likeness (QED) is 0.675. The molecule has 0 aliphatic carbocycles. The average Bonchev–Trinajstić information content (AvgIpc) is 2.45. The molecule has 1 heterocycles. The lowest BCUT2D eigenvalue weighted by atomic mass is 10.1. The average molecular weight is 277 g/mol. The van der Waals surface area contributed by atoms with Gasteiger partial charge >= 0.3 is 5.69 Å². The summed E-state index contributed by atoms with van der Waals surface area (Å²) in [6, 6.07) is 6.67. The van der Waals surface area contributed by atoms with Crippen LogP contribution in [0, 0.1) is 21.4 Å². The lowest BCUT2D eigenvalue weighted by Crippen LogP contribution is -2.20. The lowest BCUT2D eigenvalue weighted by Gasteiger charge is -2.21. The zero-order valence-electron chi connectivity index (χ0n) is 10.5. The summed E-state index contributed by atoms with van der Waals surface area (Å²) in [4.78, 5) is 10.6. The fraction of sp³-hybridized carbons (Fsp3) is 0.462. The zero-order valence-corrected chi connectivity index (χ0v) is 11.3. The van der Waals surface area contributed by atoms with Gasteiger partial charge in [0, 0.05) is 11.8 Å². The molecular formula is C13H15N3O2S. The van der Waals surface area contributed by atoms with Gasteiger partial charge < -0.3 is 5.32 Å². The maximum atomic E-state index is 11.1. The van der Waals surface area contributed by atoms with Crippen molar-refractivity contribution < 1.29 is 4.92 Å². The molecule has 6 heteroatoms. The maximum Gasteiger partial charge on any atom is 0.309 e. The largest absolute Gasteiger partial charge is 0.378 e. The summed E-state index contributed by atoms with van der Waals surface area (Å²) in [5, 5.41) is 23.6. The number of nitrogens with one attached hydrogen (secondary N) is 1. The predicted molar refractivity (Wildman–Crippen MR) is 76.4 cm³/mol. The first-order valence-electron chi connectivity index (χ1n) is 6.25. The molecule has 0 spiro atoms. The van der Waals surface area contributed by atoms with Gasteiger partial charge in [-0.3, -0.25) is 10.1 Å². The van der Waals surface area contributed by atoms with Crippen LogP contribution < -0.4 is 5.32 Å². The molecule has 1 aromatic carbocycles. The van der Waals surface area contributed by atoms with Crippen molar-refractivity contribution in [1.29, 1.82) is 5.26 Å². The molecule has 0 bridgehead atoms. The molecule has 1 aliphatic rings. The number of hydrogen-bond acceptors (Lipinski definition) is 5. The third kappa shape index (κ3) is 3.38. The van der Waals surface area contributed by atoms with Crippen LogP contribution in [0.25, 0.3) is 0 Å². The Morgan fingerprint density at radius 2 is 2.37 bits per heavy atom. The van der Waals surface area contributed by atoms with Crippen LogP contribution in [0.3, 0.4) is 0 Å². The second-order valence-electron chi connectivity index (χ2n) is 4.44. The minimum absolute atomic E-state index is 0.103. The Labute approximate surface area is 116 Å². The number of nitro benzene ring substituents is 1. The second-order valence-corrected chi connectivity index (χ2v) is 5.85. The number of nitriles is 1. The van der Waals surface area contributed by atoms with E-state index < -0.39 is 4.92 Å². The smallest absolute Gasteiger partial charge is 0.309 e. The monoisotopic (exact) mass is 277 g/mol. The fourth-order valence-corrected chi connectivity index (χ4v) is 3.40. The third-order valence-electron chi connectivity index (χ3n) is 3.13. The van der Waals surface area contributed by atoms with Gasteiger partial charge in [-0.25, -0.2) is 0 Å². The molecule has 5 nitrogen and oxygen atoms in total. The molecule has 0 amide bonds. The Kier molecular flexibility index (Phi) is 4.63. The predicted octanol–water partition coefficient (Wildman–Crippen LogP) is 3.16. The maximum absolute atomic E-state index is 11.1. The Balaban J connectivity index is 2.11. The zero-order chi connectivity index (χ0) is 13.7. The van der Waals surface area contributed by atoms with Crippen molar-refractivity contribution in [2.75, 3.05) is 17.6 Å². The van der Waals surface area contributed by atoms with Crippen molar-refractivity contribution in [3.63, 3.8) is 0 Å². The Bertz CT molecular complexity index is 507. The molecule has 1 unspecified atom stereocenters. The lowest BCUT2D eigenvalue weighted by molar-refractivity contribution is -0.384. The topological polar surface area (TPSA) is 79.0 Å². The van der Waals surface area contributed by atoms with Crippen molar-refractivity contribution >= 4 is 23.1 Å². The van der Waals surface area contributed by atoms with E-state index >= 15 is 0 Å². The first-order chi connectivity index (χ1) is 9.22. The van der Waals surface area contributed by atoms with E-state index in [2.05, 4.69) is 5.32 Å². The molecule has 1 saturated heterocycles. The molecule has 0 aromatic heterocycles. The van der Waals surface area contributed by atoms with E-state index in [1.807, 2.05) is 17.8 Å². The molecule has 1 N–H and O–H groups in total. The molecule has 1 fully saturated rings. The normalized spacial score (nSPS) is 18.6. The highest BCUT2D eigenvalue weighted by Crippen LogP contribution is 2.30. The van der Waals surface area contributed by atoms with Crippen LogP contribution in [0.5, 0.6) is 0 Å². The van der Waals surface area contributed by atoms with Gasteiger partial charge in [0.25, 0.3) is 0 Å². The molecule has 0 radical (unpaired) electrons. The van der Waals surface area contributed by atoms with Crippen LogP contribution in [-0.2, 0) is 0 Å². The molecule has 0 saturated carbocycles. The number of nitrogens with zero attached hydrogens (tertiary/aromatic N) is 2. The highest BCUT2D eigenvalue weighted by Gasteiger charge is 2.21. The summed E-state index contributed by atoms with van der Waals surface area (Å²) >= 11 is 1.91. The van der Waals surface area contributed by atoms with Crippen LogP contribution in [0.1, 0.15) is 24.8 Å². The van der Waals surface area contributed by atoms with Crippen molar-refractivity contribution in [2.24, 2.45) is 0 Å². The summed E-state index contributed by atoms with van der Waals surface area (Å²) < 4.78 is 0. The highest BCUT2D eigenvalue weighted by molar-refractivity contribution is 7.99. The van der Waals surface area contributed by atoms with Gasteiger partial charge in [-0.2, -0.15) is 17.0 Å². The van der Waals surface area contributed by atoms with Gasteiger partial charge in [-0.15, -0.1) is 0 Å². The van der Waals surface area contributed by atoms with E-state index in [0.29, 0.717) is 17.5 Å². The molecule has 2 rings (SSSR count). The molecular weight excluding hydrogens is 262 g/mol. The number of thioether (sulfide) groups is 1. The van der Waals surface area contributed by atoms with Gasteiger partial charge in [0.05, 0.1) is 4.92 Å². The van der Waals surface area contributed by atoms with Crippen molar-refractivity contribution in [3.05, 3.63) is 33.9 Å². The summed E-state index contributed by atoms with van der Waals surface area (Å²) in [6.07, 6.45) is 3.62. The molecule has 100 valence electrons. The van der Waals surface area contributed by atoms with Gasteiger partial charge in [-0.05, 0) is 30.7 Å². The van der Waals surface area contributed by atoms with Crippen LogP contribution >= 0.6 is 11.8 Å². The van der Waals surface area contributed by atoms with Crippen LogP contribution in [0.2, 0.25) is 0 Å². The Morgan fingerprint density at radius 3 is 3.00 bits per heavy atom. The minimum atomic E-state index is -0.491. The molecule has 19 heavy (non-hydrogen) atoms. The second kappa shape index (κ2) is 6.43. The highest BCUT2D eigenvalue weighted by atomic mass is 32.2. The van der Waals surface area contributed by atoms with Crippen LogP contribution in [-0.4, -0.2) is 22.5 Å². The van der Waals surface area contributed by atoms with Gasteiger partial charge in [0.15, 0.2) is 0 Å². The minimum Gasteiger partial charge on any atom is -0.378 e. The van der Waals surface area contributed by atoms with E-state index in [1.54, 1.807) is 12.1 Å². The third-order valence-corrected chi connectivity index (χ3v) is 4.53. The van der Waals surface area contributed by atoms with E-state index in [1.165, 1.54) is 18.9 Å². The Hall–Kier alpha value is -1.74. The summed E-state index contributed by atoms with van der Waals surface area (Å²) in [7, 11) is 0. The number of benzene rings is 1. The van der Waals surface area contributed by atoms with Crippen LogP contribution in [0.4, 0.5) is 11.4 Å². The first-order valence-corrected chi connectivity index (χ1v) is 7.30. The first kappa shape index (κ1) is 13.7. The summed E-state index contributed by atoms with van der Waals surface area (Å²) in [6.45, 7) is 0.709. The van der Waals surface area contributed by atoms with Gasteiger partial charge in [-0.1, -0.05) is 12.5 Å². The van der Waals surface area contributed by atoms with E-state index in [0.717, 1.165) is 12.2 Å². The SMILES string of the molecule is N#Cc1cccc(NCC2CCCCS2)c1[N+](=O)[O-]. The van der Waals surface area contributed by atoms with Crippen molar-refractivity contribution in [1.82, 2.24) is 0 Å². The number of para-hydroxylation sites is 1. The fourth-order valence-electron chi connectivity index (χ4n) is 2.17. The van der Waals surface area contributed by atoms with E-state index in [4.69, 9.17) is 5.26 Å². The van der Waals surface area contributed by atoms with Crippen molar-refractivity contribution in [2.45, 2.75) is 24.5 Å². The summed E-state index contributed by atoms with van der Waals surface area (Å²) in [5.41, 5.74) is 0.423.